The molecule has 0 bridgehead atoms. The van der Waals surface area contributed by atoms with Crippen molar-refractivity contribution in [1.82, 2.24) is 9.55 Å². The molecule has 3 aromatic heterocycles. The van der Waals surface area contributed by atoms with E-state index in [0.29, 0.717) is 5.71 Å². The molecule has 0 unspecified atom stereocenters. The molecule has 54 heavy (non-hydrogen) atoms. The van der Waals surface area contributed by atoms with Gasteiger partial charge in [-0.25, -0.2) is 4.98 Å². The summed E-state index contributed by atoms with van der Waals surface area (Å²) in [6.07, 6.45) is 0. The van der Waals surface area contributed by atoms with Gasteiger partial charge in [-0.3, -0.25) is 0 Å². The standard InChI is InChI=1S/C51H32N2O/c1-3-13-33(14-4-1)37-25-27-46-43(31-37)44-32-38(34-15-5-2-6-16-34)26-28-47(44)53(46)40-20-12-18-36(30-40)35-17-11-19-39(29-35)49-41-21-7-9-23-45(41)52-51-50(49)42-22-8-10-24-48(42)54-51/h1-32H. The lowest BCUT2D eigenvalue weighted by Gasteiger charge is -2.13. The number of pyridine rings is 1. The first-order valence-electron chi connectivity index (χ1n) is 18.4. The zero-order valence-electron chi connectivity index (χ0n) is 29.3. The average Bonchev–Trinajstić information content (AvgIpc) is 3.78. The van der Waals surface area contributed by atoms with Crippen LogP contribution in [0, 0.1) is 0 Å². The SMILES string of the molecule is c1ccc(-c2ccc3c(c2)c2cc(-c4ccccc4)ccc2n3-c2cccc(-c3cccc(-c4c5ccccc5nc5oc6ccccc6c45)c3)c2)cc1. The van der Waals surface area contributed by atoms with Crippen LogP contribution in [0.1, 0.15) is 0 Å². The number of nitrogens with zero attached hydrogens (tertiary/aromatic N) is 2. The van der Waals surface area contributed by atoms with Crippen LogP contribution >= 0.6 is 0 Å². The van der Waals surface area contributed by atoms with Gasteiger partial charge in [-0.15, -0.1) is 0 Å². The van der Waals surface area contributed by atoms with Crippen LogP contribution in [-0.4, -0.2) is 9.55 Å². The average molecular weight is 689 g/mol. The van der Waals surface area contributed by atoms with Gasteiger partial charge in [-0.1, -0.05) is 140 Å². The first-order valence-corrected chi connectivity index (χ1v) is 18.4. The second-order valence-corrected chi connectivity index (χ2v) is 13.9. The Balaban J connectivity index is 1.09. The normalized spacial score (nSPS) is 11.7. The van der Waals surface area contributed by atoms with Crippen LogP contribution in [0.3, 0.4) is 0 Å². The van der Waals surface area contributed by atoms with Gasteiger partial charge in [0.05, 0.1) is 21.9 Å². The van der Waals surface area contributed by atoms with Crippen LogP contribution in [0.25, 0.3) is 105 Å². The largest absolute Gasteiger partial charge is 0.438 e. The number of furan rings is 1. The lowest BCUT2D eigenvalue weighted by molar-refractivity contribution is 0.656. The Bertz CT molecular complexity index is 3110. The Hall–Kier alpha value is -7.23. The zero-order valence-corrected chi connectivity index (χ0v) is 29.3. The minimum Gasteiger partial charge on any atom is -0.438 e. The molecule has 0 spiro atoms. The fourth-order valence-corrected chi connectivity index (χ4v) is 8.28. The number of benzene rings is 8. The molecule has 11 rings (SSSR count). The minimum absolute atomic E-state index is 0.662. The van der Waals surface area contributed by atoms with Crippen molar-refractivity contribution in [2.45, 2.75) is 0 Å². The van der Waals surface area contributed by atoms with E-state index in [4.69, 9.17) is 9.40 Å². The summed E-state index contributed by atoms with van der Waals surface area (Å²) in [4.78, 5) is 4.95. The van der Waals surface area contributed by atoms with Crippen molar-refractivity contribution in [3.8, 4) is 50.2 Å². The van der Waals surface area contributed by atoms with Crippen molar-refractivity contribution in [3.05, 3.63) is 194 Å². The van der Waals surface area contributed by atoms with E-state index in [9.17, 15) is 0 Å². The number of rotatable bonds is 5. The van der Waals surface area contributed by atoms with E-state index in [1.807, 2.05) is 18.2 Å². The quantitative estimate of drug-likeness (QED) is 0.180. The third kappa shape index (κ3) is 4.87. The fourth-order valence-electron chi connectivity index (χ4n) is 8.28. The summed E-state index contributed by atoms with van der Waals surface area (Å²) in [6.45, 7) is 0. The first kappa shape index (κ1) is 30.4. The zero-order chi connectivity index (χ0) is 35.6. The van der Waals surface area contributed by atoms with Crippen molar-refractivity contribution in [2.75, 3.05) is 0 Å². The van der Waals surface area contributed by atoms with E-state index >= 15 is 0 Å². The van der Waals surface area contributed by atoms with Crippen LogP contribution in [0.4, 0.5) is 0 Å². The van der Waals surface area contributed by atoms with E-state index in [1.165, 1.54) is 44.1 Å². The molecule has 0 aliphatic carbocycles. The van der Waals surface area contributed by atoms with Crippen LogP contribution < -0.4 is 0 Å². The molecular weight excluding hydrogens is 657 g/mol. The van der Waals surface area contributed by atoms with E-state index < -0.39 is 0 Å². The first-order chi connectivity index (χ1) is 26.8. The van der Waals surface area contributed by atoms with E-state index in [2.05, 4.69) is 180 Å². The highest BCUT2D eigenvalue weighted by atomic mass is 16.3. The van der Waals surface area contributed by atoms with Gasteiger partial charge in [0.2, 0.25) is 5.71 Å². The molecule has 0 N–H and O–H groups in total. The molecule has 3 heteroatoms. The Labute approximate surface area is 312 Å². The molecule has 0 aliphatic rings. The van der Waals surface area contributed by atoms with Gasteiger partial charge < -0.3 is 8.98 Å². The predicted molar refractivity (Wildman–Crippen MR) is 225 cm³/mol. The highest BCUT2D eigenvalue weighted by Crippen LogP contribution is 2.42. The maximum Gasteiger partial charge on any atom is 0.228 e. The lowest BCUT2D eigenvalue weighted by Crippen LogP contribution is -1.94. The molecular formula is C51H32N2O. The minimum atomic E-state index is 0.662. The van der Waals surface area contributed by atoms with E-state index in [-0.39, 0.29) is 0 Å². The Kier molecular flexibility index (Phi) is 6.86. The second-order valence-electron chi connectivity index (χ2n) is 13.9. The Morgan fingerprint density at radius 2 is 0.907 bits per heavy atom. The molecule has 0 saturated heterocycles. The number of hydrogen-bond donors (Lipinski definition) is 0. The monoisotopic (exact) mass is 688 g/mol. The van der Waals surface area contributed by atoms with Crippen molar-refractivity contribution in [2.24, 2.45) is 0 Å². The van der Waals surface area contributed by atoms with E-state index in [1.54, 1.807) is 0 Å². The van der Waals surface area contributed by atoms with Gasteiger partial charge in [-0.2, -0.15) is 0 Å². The maximum absolute atomic E-state index is 6.32. The van der Waals surface area contributed by atoms with Gasteiger partial charge in [0.1, 0.15) is 5.58 Å². The lowest BCUT2D eigenvalue weighted by atomic mass is 9.93. The van der Waals surface area contributed by atoms with Gasteiger partial charge in [-0.05, 0) is 93.5 Å². The maximum atomic E-state index is 6.32. The van der Waals surface area contributed by atoms with Crippen molar-refractivity contribution in [3.63, 3.8) is 0 Å². The fraction of sp³-hybridized carbons (Fsp3) is 0. The van der Waals surface area contributed by atoms with Crippen molar-refractivity contribution < 1.29 is 4.42 Å². The summed E-state index contributed by atoms with van der Waals surface area (Å²) >= 11 is 0. The van der Waals surface area contributed by atoms with Crippen molar-refractivity contribution >= 4 is 54.8 Å². The highest BCUT2D eigenvalue weighted by molar-refractivity contribution is 6.18. The van der Waals surface area contributed by atoms with Gasteiger partial charge in [0.25, 0.3) is 0 Å². The molecule has 0 saturated carbocycles. The Morgan fingerprint density at radius 3 is 1.61 bits per heavy atom. The number of hydrogen-bond acceptors (Lipinski definition) is 2. The van der Waals surface area contributed by atoms with Crippen LogP contribution in [0.15, 0.2) is 199 Å². The van der Waals surface area contributed by atoms with E-state index in [0.717, 1.165) is 55.2 Å². The molecule has 3 heterocycles. The highest BCUT2D eigenvalue weighted by Gasteiger charge is 2.19. The molecule has 252 valence electrons. The summed E-state index contributed by atoms with van der Waals surface area (Å²) in [5.41, 5.74) is 15.3. The third-order valence-electron chi connectivity index (χ3n) is 10.8. The molecule has 0 atom stereocenters. The number of aromatic nitrogens is 2. The molecule has 0 amide bonds. The summed E-state index contributed by atoms with van der Waals surface area (Å²) in [7, 11) is 0. The van der Waals surface area contributed by atoms with Crippen LogP contribution in [-0.2, 0) is 0 Å². The molecule has 8 aromatic carbocycles. The topological polar surface area (TPSA) is 31.0 Å². The summed E-state index contributed by atoms with van der Waals surface area (Å²) in [5.74, 6) is 0. The van der Waals surface area contributed by atoms with Crippen LogP contribution in [0.2, 0.25) is 0 Å². The number of para-hydroxylation sites is 2. The predicted octanol–water partition coefficient (Wildman–Crippen LogP) is 13.9. The van der Waals surface area contributed by atoms with Crippen molar-refractivity contribution in [1.29, 1.82) is 0 Å². The summed E-state index contributed by atoms with van der Waals surface area (Å²) in [5, 5.41) is 5.70. The molecule has 11 aromatic rings. The van der Waals surface area contributed by atoms with Crippen LogP contribution in [0.5, 0.6) is 0 Å². The molecule has 0 radical (unpaired) electrons. The van der Waals surface area contributed by atoms with Gasteiger partial charge >= 0.3 is 0 Å². The van der Waals surface area contributed by atoms with Gasteiger partial charge in [0, 0.05) is 32.8 Å². The summed E-state index contributed by atoms with van der Waals surface area (Å²) < 4.78 is 8.73. The molecule has 0 aliphatic heterocycles. The summed E-state index contributed by atoms with van der Waals surface area (Å²) in [6, 6.07) is 69.5. The smallest absolute Gasteiger partial charge is 0.228 e. The Morgan fingerprint density at radius 1 is 0.370 bits per heavy atom. The van der Waals surface area contributed by atoms with Gasteiger partial charge in [0.15, 0.2) is 0 Å². The molecule has 3 nitrogen and oxygen atoms in total. The second kappa shape index (κ2) is 12.2. The molecule has 0 fully saturated rings. The number of fused-ring (bicyclic) bond motifs is 7. The third-order valence-corrected chi connectivity index (χ3v) is 10.8.